The van der Waals surface area contributed by atoms with Gasteiger partial charge in [-0.25, -0.2) is 0 Å². The van der Waals surface area contributed by atoms with Gasteiger partial charge in [0.05, 0.1) is 31.7 Å². The third-order valence-corrected chi connectivity index (χ3v) is 5.80. The van der Waals surface area contributed by atoms with Crippen molar-refractivity contribution < 1.29 is 9.69 Å². The number of fused-ring (bicyclic) bond motifs is 1. The van der Waals surface area contributed by atoms with Crippen molar-refractivity contribution >= 4 is 34.0 Å². The summed E-state index contributed by atoms with van der Waals surface area (Å²) in [5, 5.41) is 1.81. The van der Waals surface area contributed by atoms with E-state index in [9.17, 15) is 4.79 Å². The van der Waals surface area contributed by atoms with Crippen LogP contribution in [0.4, 0.5) is 5.69 Å². The third-order valence-electron chi connectivity index (χ3n) is 5.57. The predicted octanol–water partition coefficient (Wildman–Crippen LogP) is 3.03. The molecule has 0 saturated carbocycles. The Labute approximate surface area is 164 Å². The number of H-pyrrole nitrogens is 1. The summed E-state index contributed by atoms with van der Waals surface area (Å²) < 4.78 is 0. The lowest BCUT2D eigenvalue weighted by Gasteiger charge is -2.34. The fourth-order valence-electron chi connectivity index (χ4n) is 4.12. The van der Waals surface area contributed by atoms with Crippen LogP contribution in [0.3, 0.4) is 0 Å². The molecule has 1 aliphatic rings. The summed E-state index contributed by atoms with van der Waals surface area (Å²) in [5.74, 6) is 0.229. The van der Waals surface area contributed by atoms with E-state index in [1.54, 1.807) is 0 Å². The molecule has 0 bridgehead atoms. The molecule has 1 fully saturated rings. The Morgan fingerprint density at radius 2 is 1.89 bits per heavy atom. The molecule has 0 amide bonds. The van der Waals surface area contributed by atoms with Crippen molar-refractivity contribution in [2.24, 2.45) is 0 Å². The number of anilines is 1. The van der Waals surface area contributed by atoms with Gasteiger partial charge in [-0.1, -0.05) is 35.9 Å². The van der Waals surface area contributed by atoms with Crippen LogP contribution >= 0.6 is 11.6 Å². The molecule has 4 rings (SSSR count). The number of nitrogens with zero attached hydrogens (tertiary/aromatic N) is 1. The number of aromatic nitrogens is 1. The fraction of sp³-hybridized carbons (Fsp3) is 0.318. The fourth-order valence-corrected chi connectivity index (χ4v) is 4.28. The van der Waals surface area contributed by atoms with Crippen LogP contribution in [0.15, 0.2) is 42.5 Å². The SMILES string of the molecule is Cc1ccc(Cl)cc1N1CC[NH+](CC(=O)c2c(C)[nH]c3ccccc23)CC1. The van der Waals surface area contributed by atoms with Gasteiger partial charge < -0.3 is 14.8 Å². The van der Waals surface area contributed by atoms with Crippen LogP contribution in [0.25, 0.3) is 10.9 Å². The van der Waals surface area contributed by atoms with Crippen LogP contribution in [0.2, 0.25) is 5.02 Å². The number of quaternary nitrogens is 1. The monoisotopic (exact) mass is 382 g/mol. The lowest BCUT2D eigenvalue weighted by atomic mass is 10.1. The molecule has 27 heavy (non-hydrogen) atoms. The van der Waals surface area contributed by atoms with E-state index in [2.05, 4.69) is 22.9 Å². The summed E-state index contributed by atoms with van der Waals surface area (Å²) in [5.41, 5.74) is 5.31. The maximum Gasteiger partial charge on any atom is 0.219 e. The Balaban J connectivity index is 1.44. The molecule has 0 atom stereocenters. The molecule has 0 aliphatic carbocycles. The van der Waals surface area contributed by atoms with Crippen molar-refractivity contribution in [2.45, 2.75) is 13.8 Å². The number of halogens is 1. The van der Waals surface area contributed by atoms with Gasteiger partial charge in [0.1, 0.15) is 6.54 Å². The van der Waals surface area contributed by atoms with Gasteiger partial charge in [-0.15, -0.1) is 0 Å². The minimum atomic E-state index is 0.229. The van der Waals surface area contributed by atoms with E-state index in [0.717, 1.165) is 53.4 Å². The highest BCUT2D eigenvalue weighted by Crippen LogP contribution is 2.24. The van der Waals surface area contributed by atoms with Gasteiger partial charge in [-0.3, -0.25) is 4.79 Å². The lowest BCUT2D eigenvalue weighted by molar-refractivity contribution is -0.892. The van der Waals surface area contributed by atoms with Gasteiger partial charge in [0, 0.05) is 27.3 Å². The molecule has 2 N–H and O–H groups in total. The first kappa shape index (κ1) is 18.1. The molecule has 140 valence electrons. The number of rotatable bonds is 4. The summed E-state index contributed by atoms with van der Waals surface area (Å²) >= 11 is 6.17. The van der Waals surface area contributed by atoms with Gasteiger partial charge in [-0.2, -0.15) is 0 Å². The van der Waals surface area contributed by atoms with E-state index in [1.807, 2.05) is 43.3 Å². The van der Waals surface area contributed by atoms with Gasteiger partial charge in [0.2, 0.25) is 5.78 Å². The number of aryl methyl sites for hydroxylation is 2. The molecule has 3 aromatic rings. The highest BCUT2D eigenvalue weighted by atomic mass is 35.5. The first-order valence-corrected chi connectivity index (χ1v) is 9.86. The van der Waals surface area contributed by atoms with Crippen LogP contribution in [0.1, 0.15) is 21.6 Å². The number of Topliss-reactive ketones (excluding diaryl/α,β-unsaturated/α-hetero) is 1. The Morgan fingerprint density at radius 3 is 2.67 bits per heavy atom. The van der Waals surface area contributed by atoms with Crippen LogP contribution < -0.4 is 9.80 Å². The Kier molecular flexibility index (Phi) is 4.94. The maximum absolute atomic E-state index is 13.0. The molecule has 2 heterocycles. The summed E-state index contributed by atoms with van der Waals surface area (Å²) in [6, 6.07) is 14.1. The zero-order chi connectivity index (χ0) is 19.0. The lowest BCUT2D eigenvalue weighted by Crippen LogP contribution is -3.15. The average Bonchev–Trinajstić information content (AvgIpc) is 3.00. The van der Waals surface area contributed by atoms with Crippen molar-refractivity contribution in [2.75, 3.05) is 37.6 Å². The molecule has 0 unspecified atom stereocenters. The van der Waals surface area contributed by atoms with E-state index in [4.69, 9.17) is 11.6 Å². The van der Waals surface area contributed by atoms with E-state index in [-0.39, 0.29) is 5.78 Å². The number of nitrogens with one attached hydrogen (secondary N) is 2. The molecule has 1 saturated heterocycles. The minimum Gasteiger partial charge on any atom is -0.360 e. The Bertz CT molecular complexity index is 986. The quantitative estimate of drug-likeness (QED) is 0.681. The molecule has 5 heteroatoms. The average molecular weight is 383 g/mol. The second-order valence-corrected chi connectivity index (χ2v) is 7.87. The molecule has 0 spiro atoms. The number of carbonyl (C=O) groups is 1. The third kappa shape index (κ3) is 3.60. The molecule has 1 aromatic heterocycles. The number of piperazine rings is 1. The number of aromatic amines is 1. The van der Waals surface area contributed by atoms with Gasteiger partial charge in [-0.05, 0) is 37.6 Å². The van der Waals surface area contributed by atoms with Crippen LogP contribution in [0.5, 0.6) is 0 Å². The minimum absolute atomic E-state index is 0.229. The van der Waals surface area contributed by atoms with Crippen molar-refractivity contribution in [1.29, 1.82) is 0 Å². The smallest absolute Gasteiger partial charge is 0.219 e. The second kappa shape index (κ2) is 7.37. The van der Waals surface area contributed by atoms with Crippen LogP contribution in [-0.4, -0.2) is 43.5 Å². The van der Waals surface area contributed by atoms with Gasteiger partial charge in [0.25, 0.3) is 0 Å². The van der Waals surface area contributed by atoms with Crippen molar-refractivity contribution in [3.05, 3.63) is 64.3 Å². The molecular weight excluding hydrogens is 358 g/mol. The van der Waals surface area contributed by atoms with E-state index >= 15 is 0 Å². The Hall–Kier alpha value is -2.30. The number of hydrogen-bond acceptors (Lipinski definition) is 2. The zero-order valence-electron chi connectivity index (χ0n) is 15.8. The van der Waals surface area contributed by atoms with Crippen molar-refractivity contribution in [3.63, 3.8) is 0 Å². The summed E-state index contributed by atoms with van der Waals surface area (Å²) in [6.45, 7) is 8.45. The summed E-state index contributed by atoms with van der Waals surface area (Å²) in [4.78, 5) is 20.1. The van der Waals surface area contributed by atoms with Crippen LogP contribution in [0, 0.1) is 13.8 Å². The standard InChI is InChI=1S/C22H24ClN3O/c1-15-7-8-17(23)13-20(15)26-11-9-25(10-12-26)14-21(27)22-16(2)24-19-6-4-3-5-18(19)22/h3-8,13,24H,9-12,14H2,1-2H3/p+1. The van der Waals surface area contributed by atoms with E-state index in [1.165, 1.54) is 16.2 Å². The second-order valence-electron chi connectivity index (χ2n) is 7.44. The number of hydrogen-bond donors (Lipinski definition) is 2. The first-order chi connectivity index (χ1) is 13.0. The predicted molar refractivity (Wildman–Crippen MR) is 111 cm³/mol. The topological polar surface area (TPSA) is 40.5 Å². The number of carbonyl (C=O) groups excluding carboxylic acids is 1. The summed E-state index contributed by atoms with van der Waals surface area (Å²) in [6.07, 6.45) is 0. The number of ketones is 1. The van der Waals surface area contributed by atoms with Crippen LogP contribution in [-0.2, 0) is 0 Å². The highest BCUT2D eigenvalue weighted by molar-refractivity contribution is 6.30. The molecule has 4 nitrogen and oxygen atoms in total. The molecule has 0 radical (unpaired) electrons. The van der Waals surface area contributed by atoms with Crippen molar-refractivity contribution in [3.8, 4) is 0 Å². The number of para-hydroxylation sites is 1. The first-order valence-electron chi connectivity index (χ1n) is 9.48. The van der Waals surface area contributed by atoms with E-state index in [0.29, 0.717) is 6.54 Å². The van der Waals surface area contributed by atoms with Gasteiger partial charge >= 0.3 is 0 Å². The zero-order valence-corrected chi connectivity index (χ0v) is 16.6. The highest BCUT2D eigenvalue weighted by Gasteiger charge is 2.25. The maximum atomic E-state index is 13.0. The largest absolute Gasteiger partial charge is 0.360 e. The Morgan fingerprint density at radius 1 is 1.15 bits per heavy atom. The molecule has 2 aromatic carbocycles. The molecular formula is C22H25ClN3O+. The summed E-state index contributed by atoms with van der Waals surface area (Å²) in [7, 11) is 0. The normalized spacial score (nSPS) is 15.4. The van der Waals surface area contributed by atoms with Gasteiger partial charge in [0.15, 0.2) is 0 Å². The van der Waals surface area contributed by atoms with Crippen molar-refractivity contribution in [1.82, 2.24) is 4.98 Å². The van der Waals surface area contributed by atoms with E-state index < -0.39 is 0 Å². The molecule has 1 aliphatic heterocycles. The number of benzene rings is 2.